The first-order valence-corrected chi connectivity index (χ1v) is 23.8. The van der Waals surface area contributed by atoms with Crippen molar-refractivity contribution in [3.8, 4) is 0 Å². The van der Waals surface area contributed by atoms with Gasteiger partial charge in [0, 0.05) is 44.9 Å². The van der Waals surface area contributed by atoms with Crippen LogP contribution in [-0.2, 0) is 42.9 Å². The zero-order chi connectivity index (χ0) is 47.5. The van der Waals surface area contributed by atoms with Gasteiger partial charge >= 0.3 is 5.97 Å². The number of aliphatic hydroxyl groups is 2. The summed E-state index contributed by atoms with van der Waals surface area (Å²) in [6.07, 6.45) is 11.7. The second-order valence-electron chi connectivity index (χ2n) is 19.7. The predicted molar refractivity (Wildman–Crippen MR) is 242 cm³/mol. The number of nitrogens with zero attached hydrogens (tertiary/aromatic N) is 1. The summed E-state index contributed by atoms with van der Waals surface area (Å²) >= 11 is 0. The fourth-order valence-electron chi connectivity index (χ4n) is 10.0. The van der Waals surface area contributed by atoms with Crippen molar-refractivity contribution in [2.45, 2.75) is 181 Å². The van der Waals surface area contributed by atoms with Crippen LogP contribution in [0.25, 0.3) is 0 Å². The highest BCUT2D eigenvalue weighted by atomic mass is 19.2. The normalized spacial score (nSPS) is 40.9. The maximum absolute atomic E-state index is 17.0. The number of hydrogen-bond donors (Lipinski definition) is 2. The van der Waals surface area contributed by atoms with Crippen molar-refractivity contribution in [3.63, 3.8) is 0 Å². The number of cyclic esters (lactones) is 1. The average Bonchev–Trinajstić information content (AvgIpc) is 3.26. The van der Waals surface area contributed by atoms with E-state index in [4.69, 9.17) is 18.9 Å². The fourth-order valence-corrected chi connectivity index (χ4v) is 10.0. The minimum Gasteiger partial charge on any atom is -0.460 e. The molecule has 4 aliphatic rings. The number of allylic oxidation sites excluding steroid dienone is 7. The molecule has 0 aromatic rings. The van der Waals surface area contributed by atoms with Crippen LogP contribution >= 0.6 is 0 Å². The lowest BCUT2D eigenvalue weighted by Crippen LogP contribution is -2.59. The zero-order valence-electron chi connectivity index (χ0n) is 40.1. The molecule has 1 amide bonds. The number of halogens is 1. The average molecular weight is 900 g/mol. The lowest BCUT2D eigenvalue weighted by atomic mass is 9.78. The number of piperidine rings is 1. The van der Waals surface area contributed by atoms with Gasteiger partial charge in [-0.3, -0.25) is 19.2 Å². The smallest absolute Gasteiger partial charge is 0.329 e. The van der Waals surface area contributed by atoms with Crippen molar-refractivity contribution in [2.24, 2.45) is 41.4 Å². The van der Waals surface area contributed by atoms with Gasteiger partial charge < -0.3 is 34.1 Å². The Hall–Kier alpha value is -3.36. The highest BCUT2D eigenvalue weighted by Gasteiger charge is 2.54. The van der Waals surface area contributed by atoms with Crippen LogP contribution < -0.4 is 0 Å². The number of rotatable bonds is 5. The number of carbonyl (C=O) groups excluding carboxylic acids is 5. The summed E-state index contributed by atoms with van der Waals surface area (Å²) in [5.41, 5.74) is 1.41. The van der Waals surface area contributed by atoms with Gasteiger partial charge in [-0.25, -0.2) is 9.18 Å². The van der Waals surface area contributed by atoms with Gasteiger partial charge in [0.05, 0.1) is 18.3 Å². The molecule has 0 radical (unpaired) electrons. The van der Waals surface area contributed by atoms with E-state index in [1.807, 2.05) is 65.0 Å². The van der Waals surface area contributed by atoms with Gasteiger partial charge in [-0.15, -0.1) is 0 Å². The lowest BCUT2D eigenvalue weighted by Gasteiger charge is -2.41. The Morgan fingerprint density at radius 2 is 1.58 bits per heavy atom. The fraction of sp³-hybridized carbons (Fsp3) is 0.745. The maximum atomic E-state index is 17.0. The molecule has 4 rings (SSSR count). The van der Waals surface area contributed by atoms with Gasteiger partial charge in [0.2, 0.25) is 0 Å². The summed E-state index contributed by atoms with van der Waals surface area (Å²) in [6, 6.07) is -1.17. The van der Waals surface area contributed by atoms with Gasteiger partial charge in [-0.1, -0.05) is 83.6 Å². The Balaban J connectivity index is 1.69. The number of ketones is 3. The van der Waals surface area contributed by atoms with E-state index in [1.165, 1.54) is 7.11 Å². The molecule has 360 valence electrons. The number of amides is 1. The lowest BCUT2D eigenvalue weighted by molar-refractivity contribution is -0.230. The third kappa shape index (κ3) is 13.8. The summed E-state index contributed by atoms with van der Waals surface area (Å²) in [4.78, 5) is 71.3. The third-order valence-corrected chi connectivity index (χ3v) is 14.5. The maximum Gasteiger partial charge on any atom is 0.329 e. The molecule has 2 bridgehead atoms. The topological polar surface area (TPSA) is 166 Å². The number of methoxy groups -OCH3 is 2. The summed E-state index contributed by atoms with van der Waals surface area (Å²) < 4.78 is 40.3. The molecule has 1 saturated carbocycles. The van der Waals surface area contributed by atoms with E-state index < -0.39 is 77.8 Å². The second kappa shape index (κ2) is 24.4. The number of esters is 1. The van der Waals surface area contributed by atoms with Gasteiger partial charge in [0.1, 0.15) is 30.1 Å². The number of alkyl halides is 1. The Kier molecular flexibility index (Phi) is 20.3. The van der Waals surface area contributed by atoms with Crippen molar-refractivity contribution in [3.05, 3.63) is 47.6 Å². The van der Waals surface area contributed by atoms with Crippen LogP contribution in [-0.4, -0.2) is 114 Å². The monoisotopic (exact) mass is 900 g/mol. The first-order valence-electron chi connectivity index (χ1n) is 23.8. The standard InChI is InChI=1S/C51H78FNO11/c1-30-16-12-11-13-17-31(2)32(3)27-39-21-19-37(8)51(52,64-39)48(58)49(59)53-23-15-14-18-40(53)50(60)63-43(34(5)26-38-20-22-41(54)44(28-38)61-9)29-42(55)33(4)25-36(7)46(57)47(62-10)45(56)35(6)24-30/h11-13,16-17,25,30,32-35,37-41,43-44,46-47,54,57H,14-15,18-24,26-29H2,1-10H3/b13-11+,16-12+,31-17+,36-25+/t30-,32+,33-,34-,35-,37-,38+,39+,40+,41-,43+,44-,46-,47+,51-/m1/s1. The number of hydrogen-bond acceptors (Lipinski definition) is 11. The van der Waals surface area contributed by atoms with Crippen LogP contribution in [0.4, 0.5) is 4.39 Å². The Labute approximate surface area is 381 Å². The zero-order valence-corrected chi connectivity index (χ0v) is 40.1. The largest absolute Gasteiger partial charge is 0.460 e. The van der Waals surface area contributed by atoms with Crippen molar-refractivity contribution >= 4 is 29.2 Å². The van der Waals surface area contributed by atoms with Crippen LogP contribution in [0.15, 0.2) is 47.6 Å². The van der Waals surface area contributed by atoms with E-state index in [1.54, 1.807) is 34.0 Å². The van der Waals surface area contributed by atoms with Crippen molar-refractivity contribution < 1.29 is 57.5 Å². The minimum atomic E-state index is -2.87. The molecule has 64 heavy (non-hydrogen) atoms. The molecule has 12 nitrogen and oxygen atoms in total. The molecule has 2 N–H and O–H groups in total. The van der Waals surface area contributed by atoms with Crippen LogP contribution in [0, 0.1) is 41.4 Å². The van der Waals surface area contributed by atoms with Crippen LogP contribution in [0.5, 0.6) is 0 Å². The van der Waals surface area contributed by atoms with Crippen LogP contribution in [0.2, 0.25) is 0 Å². The van der Waals surface area contributed by atoms with Crippen molar-refractivity contribution in [1.29, 1.82) is 0 Å². The van der Waals surface area contributed by atoms with E-state index >= 15 is 4.39 Å². The molecule has 13 heteroatoms. The molecule has 3 fully saturated rings. The number of carbonyl (C=O) groups is 5. The summed E-state index contributed by atoms with van der Waals surface area (Å²) in [5.74, 6) is -8.92. The highest BCUT2D eigenvalue weighted by Crippen LogP contribution is 2.40. The first-order chi connectivity index (χ1) is 30.2. The van der Waals surface area contributed by atoms with E-state index in [9.17, 15) is 34.2 Å². The number of ether oxygens (including phenoxy) is 4. The molecular weight excluding hydrogens is 822 g/mol. The number of aliphatic hydroxyl groups excluding tert-OH is 2. The SMILES string of the molecule is CO[C@@H]1C[C@H](C[C@@H](C)[C@@H]2CC(=O)[C@H](C)/C=C(\C)[C@@H](O)[C@@H](OC)C(=O)[C@H](C)C[C@H](C)/C=C/C=C/C=C(\C)[C@@H](C)C[C@@H]3CC[C@@H](C)[C@@](F)(O3)C(=O)C(=O)N3CCCC[C@H]3C(=O)O2)CC[C@H]1O. The first kappa shape index (κ1) is 53.3. The second-order valence-corrected chi connectivity index (χ2v) is 19.7. The van der Waals surface area contributed by atoms with E-state index in [2.05, 4.69) is 0 Å². The molecule has 15 atom stereocenters. The van der Waals surface area contributed by atoms with E-state index in [0.29, 0.717) is 63.4 Å². The van der Waals surface area contributed by atoms with Crippen LogP contribution in [0.1, 0.15) is 132 Å². The summed E-state index contributed by atoms with van der Waals surface area (Å²) in [7, 11) is 2.94. The summed E-state index contributed by atoms with van der Waals surface area (Å²) in [5, 5.41) is 21.9. The highest BCUT2D eigenvalue weighted by molar-refractivity contribution is 6.39. The molecule has 3 aliphatic heterocycles. The molecule has 3 heterocycles. The molecular formula is C51H78FNO11. The number of Topliss-reactive ketones (excluding diaryl/α,β-unsaturated/α-hetero) is 3. The Morgan fingerprint density at radius 3 is 2.27 bits per heavy atom. The Bertz CT molecular complexity index is 1740. The van der Waals surface area contributed by atoms with Crippen molar-refractivity contribution in [2.75, 3.05) is 20.8 Å². The predicted octanol–water partition coefficient (Wildman–Crippen LogP) is 7.78. The van der Waals surface area contributed by atoms with Gasteiger partial charge in [0.15, 0.2) is 5.78 Å². The van der Waals surface area contributed by atoms with E-state index in [0.717, 1.165) is 16.9 Å². The Morgan fingerprint density at radius 1 is 0.859 bits per heavy atom. The third-order valence-electron chi connectivity index (χ3n) is 14.5. The quantitative estimate of drug-likeness (QED) is 0.157. The molecule has 0 spiro atoms. The van der Waals surface area contributed by atoms with E-state index in [-0.39, 0.29) is 60.7 Å². The molecule has 0 unspecified atom stereocenters. The van der Waals surface area contributed by atoms with Crippen molar-refractivity contribution in [1.82, 2.24) is 4.90 Å². The van der Waals surface area contributed by atoms with Crippen LogP contribution in [0.3, 0.4) is 0 Å². The van der Waals surface area contributed by atoms with Gasteiger partial charge in [-0.05, 0) is 114 Å². The summed E-state index contributed by atoms with van der Waals surface area (Å²) in [6.45, 7) is 14.7. The van der Waals surface area contributed by atoms with Gasteiger partial charge in [0.25, 0.3) is 17.5 Å². The van der Waals surface area contributed by atoms with Gasteiger partial charge in [-0.2, -0.15) is 0 Å². The molecule has 0 aromatic heterocycles. The minimum absolute atomic E-state index is 0.0240. The molecule has 1 aliphatic carbocycles. The molecule has 2 saturated heterocycles. The number of fused-ring (bicyclic) bond motifs is 3. The molecule has 0 aromatic carbocycles.